The number of carbonyl (C=O) groups is 1. The van der Waals surface area contributed by atoms with Crippen LogP contribution in [0.1, 0.15) is 23.4 Å². The Kier molecular flexibility index (Phi) is 4.51. The molecule has 0 aliphatic carbocycles. The molecule has 0 bridgehead atoms. The highest BCUT2D eigenvalue weighted by Crippen LogP contribution is 2.18. The number of nitrogens with one attached hydrogen (secondary N) is 1. The number of carbonyl (C=O) groups excluding carboxylic acids is 1. The predicted octanol–water partition coefficient (Wildman–Crippen LogP) is 1.47. The Bertz CT molecular complexity index is 752. The molecular formula is C16H20N6O2. The number of hydrogen-bond acceptors (Lipinski definition) is 6. The average Bonchev–Trinajstić information content (AvgIpc) is 3.27. The zero-order chi connectivity index (χ0) is 17.1. The van der Waals surface area contributed by atoms with Gasteiger partial charge in [0, 0.05) is 31.4 Å². The molecule has 1 amide bonds. The summed E-state index contributed by atoms with van der Waals surface area (Å²) in [5, 5.41) is 15.6. The summed E-state index contributed by atoms with van der Waals surface area (Å²) >= 11 is 0. The molecule has 0 aromatic carbocycles. The summed E-state index contributed by atoms with van der Waals surface area (Å²) in [6.45, 7) is 5.69. The third kappa shape index (κ3) is 3.40. The first kappa shape index (κ1) is 16.1. The fraction of sp³-hybridized carbons (Fsp3) is 0.500. The van der Waals surface area contributed by atoms with Crippen LogP contribution >= 0.6 is 0 Å². The van der Waals surface area contributed by atoms with E-state index >= 15 is 0 Å². The summed E-state index contributed by atoms with van der Waals surface area (Å²) in [5.74, 6) is 1.14. The first-order valence-electron chi connectivity index (χ1n) is 7.96. The molecule has 3 heterocycles. The van der Waals surface area contributed by atoms with Crippen molar-refractivity contribution in [2.45, 2.75) is 33.2 Å². The van der Waals surface area contributed by atoms with Crippen LogP contribution in [0.4, 0.5) is 5.82 Å². The highest BCUT2D eigenvalue weighted by atomic mass is 16.5. The van der Waals surface area contributed by atoms with Gasteiger partial charge in [-0.15, -0.1) is 0 Å². The maximum Gasteiger partial charge on any atom is 0.230 e. The van der Waals surface area contributed by atoms with Gasteiger partial charge in [0.05, 0.1) is 17.9 Å². The Labute approximate surface area is 140 Å². The zero-order valence-corrected chi connectivity index (χ0v) is 13.8. The minimum absolute atomic E-state index is 0.0799. The molecule has 1 aliphatic rings. The van der Waals surface area contributed by atoms with Gasteiger partial charge in [-0.1, -0.05) is 5.16 Å². The van der Waals surface area contributed by atoms with E-state index in [1.807, 2.05) is 24.6 Å². The maximum atomic E-state index is 12.2. The molecule has 3 rings (SSSR count). The number of amides is 1. The fourth-order valence-electron chi connectivity index (χ4n) is 2.94. The Balaban J connectivity index is 1.54. The molecule has 1 N–H and O–H groups in total. The summed E-state index contributed by atoms with van der Waals surface area (Å²) in [4.78, 5) is 18.0. The van der Waals surface area contributed by atoms with Gasteiger partial charge in [0.1, 0.15) is 5.76 Å². The van der Waals surface area contributed by atoms with E-state index in [-0.39, 0.29) is 11.8 Å². The zero-order valence-electron chi connectivity index (χ0n) is 13.8. The molecule has 1 saturated heterocycles. The van der Waals surface area contributed by atoms with E-state index in [0.29, 0.717) is 25.3 Å². The van der Waals surface area contributed by atoms with Crippen molar-refractivity contribution in [2.75, 3.05) is 18.4 Å². The van der Waals surface area contributed by atoms with Crippen molar-refractivity contribution in [1.82, 2.24) is 19.6 Å². The van der Waals surface area contributed by atoms with E-state index in [9.17, 15) is 4.79 Å². The van der Waals surface area contributed by atoms with E-state index in [0.717, 1.165) is 30.0 Å². The summed E-state index contributed by atoms with van der Waals surface area (Å²) in [6.07, 6.45) is 7.08. The Morgan fingerprint density at radius 1 is 1.54 bits per heavy atom. The Morgan fingerprint density at radius 2 is 2.38 bits per heavy atom. The van der Waals surface area contributed by atoms with Crippen LogP contribution in [-0.2, 0) is 17.8 Å². The molecule has 0 radical (unpaired) electrons. The Hall–Kier alpha value is -2.82. The molecule has 0 spiro atoms. The van der Waals surface area contributed by atoms with Gasteiger partial charge in [0.2, 0.25) is 5.91 Å². The number of imidazole rings is 1. The van der Waals surface area contributed by atoms with Crippen molar-refractivity contribution in [1.29, 1.82) is 5.26 Å². The number of nitriles is 1. The van der Waals surface area contributed by atoms with Crippen molar-refractivity contribution >= 4 is 11.7 Å². The van der Waals surface area contributed by atoms with Gasteiger partial charge < -0.3 is 19.3 Å². The minimum Gasteiger partial charge on any atom is -0.361 e. The monoisotopic (exact) mass is 328 g/mol. The van der Waals surface area contributed by atoms with Crippen LogP contribution in [0.2, 0.25) is 0 Å². The molecular weight excluding hydrogens is 308 g/mol. The van der Waals surface area contributed by atoms with Gasteiger partial charge in [0.15, 0.2) is 12.0 Å². The van der Waals surface area contributed by atoms with Crippen LogP contribution in [0.25, 0.3) is 0 Å². The standard InChI is InChI=1S/C16H20N6O2/c1-11-14(12(2)24-20-11)4-6-22-8-15(18-10-22)19-16(23)13-3-5-21(7-13)9-17/h8,10,13H,3-7H2,1-2H3,(H,19,23)/t13-/m0/s1. The largest absolute Gasteiger partial charge is 0.361 e. The molecule has 8 nitrogen and oxygen atoms in total. The van der Waals surface area contributed by atoms with Crippen molar-refractivity contribution in [2.24, 2.45) is 5.92 Å². The maximum absolute atomic E-state index is 12.2. The molecule has 24 heavy (non-hydrogen) atoms. The second kappa shape index (κ2) is 6.74. The molecule has 8 heteroatoms. The molecule has 1 fully saturated rings. The third-order valence-electron chi connectivity index (χ3n) is 4.39. The van der Waals surface area contributed by atoms with Gasteiger partial charge >= 0.3 is 0 Å². The van der Waals surface area contributed by atoms with Crippen molar-refractivity contribution in [3.63, 3.8) is 0 Å². The van der Waals surface area contributed by atoms with Crippen molar-refractivity contribution in [3.8, 4) is 6.19 Å². The predicted molar refractivity (Wildman–Crippen MR) is 85.8 cm³/mol. The molecule has 2 aromatic heterocycles. The SMILES string of the molecule is Cc1noc(C)c1CCn1cnc(NC(=O)[C@H]2CCN(C#N)C2)c1. The quantitative estimate of drug-likeness (QED) is 0.834. The second-order valence-electron chi connectivity index (χ2n) is 6.07. The summed E-state index contributed by atoms with van der Waals surface area (Å²) in [5.41, 5.74) is 2.02. The lowest BCUT2D eigenvalue weighted by Crippen LogP contribution is -2.25. The lowest BCUT2D eigenvalue weighted by Gasteiger charge is -2.08. The lowest BCUT2D eigenvalue weighted by molar-refractivity contribution is -0.119. The first-order valence-corrected chi connectivity index (χ1v) is 7.96. The number of hydrogen-bond donors (Lipinski definition) is 1. The van der Waals surface area contributed by atoms with Crippen LogP contribution in [0.3, 0.4) is 0 Å². The van der Waals surface area contributed by atoms with Gasteiger partial charge in [0.25, 0.3) is 0 Å². The molecule has 126 valence electrons. The van der Waals surface area contributed by atoms with Crippen LogP contribution in [0.5, 0.6) is 0 Å². The fourth-order valence-corrected chi connectivity index (χ4v) is 2.94. The lowest BCUT2D eigenvalue weighted by atomic mass is 10.1. The van der Waals surface area contributed by atoms with E-state index in [4.69, 9.17) is 9.78 Å². The second-order valence-corrected chi connectivity index (χ2v) is 6.07. The number of nitrogens with zero attached hydrogens (tertiary/aromatic N) is 5. The highest BCUT2D eigenvalue weighted by Gasteiger charge is 2.28. The van der Waals surface area contributed by atoms with Gasteiger partial charge in [-0.2, -0.15) is 5.26 Å². The number of aromatic nitrogens is 3. The number of aryl methyl sites for hydroxylation is 3. The highest BCUT2D eigenvalue weighted by molar-refractivity contribution is 5.91. The van der Waals surface area contributed by atoms with Gasteiger partial charge in [-0.25, -0.2) is 4.98 Å². The van der Waals surface area contributed by atoms with Gasteiger partial charge in [-0.05, 0) is 26.7 Å². The summed E-state index contributed by atoms with van der Waals surface area (Å²) in [7, 11) is 0. The average molecular weight is 328 g/mol. The minimum atomic E-state index is -0.155. The molecule has 0 unspecified atom stereocenters. The molecule has 2 aromatic rings. The van der Waals surface area contributed by atoms with E-state index in [2.05, 4.69) is 21.7 Å². The number of likely N-dealkylation sites (tertiary alicyclic amines) is 1. The van der Waals surface area contributed by atoms with Gasteiger partial charge in [-0.3, -0.25) is 4.79 Å². The Morgan fingerprint density at radius 3 is 3.04 bits per heavy atom. The molecule has 1 atom stereocenters. The summed E-state index contributed by atoms with van der Waals surface area (Å²) in [6, 6.07) is 0. The summed E-state index contributed by atoms with van der Waals surface area (Å²) < 4.78 is 7.09. The van der Waals surface area contributed by atoms with Crippen molar-refractivity contribution in [3.05, 3.63) is 29.5 Å². The third-order valence-corrected chi connectivity index (χ3v) is 4.39. The number of rotatable bonds is 5. The van der Waals surface area contributed by atoms with Crippen LogP contribution < -0.4 is 5.32 Å². The first-order chi connectivity index (χ1) is 11.6. The van der Waals surface area contributed by atoms with Crippen molar-refractivity contribution < 1.29 is 9.32 Å². The van der Waals surface area contributed by atoms with E-state index in [1.54, 1.807) is 11.2 Å². The topological polar surface area (TPSA) is 100.0 Å². The smallest absolute Gasteiger partial charge is 0.230 e. The normalized spacial score (nSPS) is 17.0. The van der Waals surface area contributed by atoms with Crippen LogP contribution in [-0.4, -0.2) is 38.6 Å². The van der Waals surface area contributed by atoms with E-state index in [1.165, 1.54) is 0 Å². The van der Waals surface area contributed by atoms with Crippen LogP contribution in [0.15, 0.2) is 17.0 Å². The van der Waals surface area contributed by atoms with Crippen LogP contribution in [0, 0.1) is 31.2 Å². The molecule has 1 aliphatic heterocycles. The van der Waals surface area contributed by atoms with E-state index < -0.39 is 0 Å². The number of anilines is 1. The molecule has 0 saturated carbocycles.